The molecule has 0 saturated heterocycles. The van der Waals surface area contributed by atoms with E-state index in [1.54, 1.807) is 6.92 Å². The summed E-state index contributed by atoms with van der Waals surface area (Å²) < 4.78 is 4.83. The number of carbonyl (C=O) groups is 2. The maximum atomic E-state index is 12.1. The minimum absolute atomic E-state index is 0. The number of nitrogens with two attached hydrogens (primary N) is 1. The maximum absolute atomic E-state index is 12.1. The summed E-state index contributed by atoms with van der Waals surface area (Å²) in [6.45, 7) is 2.72. The van der Waals surface area contributed by atoms with E-state index in [0.717, 1.165) is 12.8 Å². The van der Waals surface area contributed by atoms with Gasteiger partial charge in [-0.2, -0.15) is 0 Å². The Balaban J connectivity index is 0.00000200. The Bertz CT molecular complexity index is 349. The van der Waals surface area contributed by atoms with Gasteiger partial charge < -0.3 is 15.8 Å². The van der Waals surface area contributed by atoms with E-state index in [0.29, 0.717) is 37.8 Å². The second-order valence-corrected chi connectivity index (χ2v) is 5.64. The molecule has 0 heterocycles. The predicted octanol–water partition coefficient (Wildman–Crippen LogP) is 1.24. The molecule has 0 spiro atoms. The van der Waals surface area contributed by atoms with Gasteiger partial charge in [-0.3, -0.25) is 9.59 Å². The third kappa shape index (κ3) is 3.85. The third-order valence-electron chi connectivity index (χ3n) is 4.45. The molecule has 2 bridgehead atoms. The van der Waals surface area contributed by atoms with E-state index in [4.69, 9.17) is 10.5 Å². The zero-order chi connectivity index (χ0) is 13.8. The Morgan fingerprint density at radius 2 is 2.00 bits per heavy atom. The van der Waals surface area contributed by atoms with Crippen LogP contribution in [0.15, 0.2) is 0 Å². The lowest BCUT2D eigenvalue weighted by molar-refractivity contribution is -0.143. The van der Waals surface area contributed by atoms with E-state index in [2.05, 4.69) is 5.32 Å². The van der Waals surface area contributed by atoms with Crippen LogP contribution < -0.4 is 11.1 Å². The lowest BCUT2D eigenvalue weighted by Gasteiger charge is -2.26. The highest BCUT2D eigenvalue weighted by molar-refractivity contribution is 5.85. The Hall–Kier alpha value is -0.810. The molecule has 0 radical (unpaired) electrons. The van der Waals surface area contributed by atoms with E-state index in [9.17, 15) is 9.59 Å². The molecule has 4 unspecified atom stereocenters. The van der Waals surface area contributed by atoms with Crippen molar-refractivity contribution in [1.29, 1.82) is 0 Å². The zero-order valence-corrected chi connectivity index (χ0v) is 12.8. The first kappa shape index (κ1) is 17.2. The summed E-state index contributed by atoms with van der Waals surface area (Å²) in [5.41, 5.74) is 6.12. The molecule has 20 heavy (non-hydrogen) atoms. The first-order valence-corrected chi connectivity index (χ1v) is 7.32. The normalized spacial score (nSPS) is 30.7. The molecule has 2 saturated carbocycles. The van der Waals surface area contributed by atoms with Crippen molar-refractivity contribution in [2.75, 3.05) is 13.2 Å². The molecule has 0 aromatic rings. The van der Waals surface area contributed by atoms with Gasteiger partial charge in [0.05, 0.1) is 12.5 Å². The predicted molar refractivity (Wildman–Crippen MR) is 78.4 cm³/mol. The topological polar surface area (TPSA) is 81.4 Å². The molecular formula is C14H25ClN2O3. The van der Waals surface area contributed by atoms with E-state index in [1.807, 2.05) is 0 Å². The number of carbonyl (C=O) groups excluding carboxylic acids is 2. The largest absolute Gasteiger partial charge is 0.466 e. The molecule has 2 aliphatic carbocycles. The molecule has 2 fully saturated rings. The number of hydrogen-bond acceptors (Lipinski definition) is 4. The van der Waals surface area contributed by atoms with Crippen molar-refractivity contribution < 1.29 is 14.3 Å². The zero-order valence-electron chi connectivity index (χ0n) is 12.0. The highest BCUT2D eigenvalue weighted by Crippen LogP contribution is 2.47. The van der Waals surface area contributed by atoms with Crippen LogP contribution in [0.5, 0.6) is 0 Å². The van der Waals surface area contributed by atoms with Crippen LogP contribution in [-0.4, -0.2) is 31.1 Å². The Morgan fingerprint density at radius 3 is 2.60 bits per heavy atom. The number of halogens is 1. The second-order valence-electron chi connectivity index (χ2n) is 5.64. The molecule has 0 aromatic heterocycles. The minimum atomic E-state index is -0.201. The maximum Gasteiger partial charge on any atom is 0.305 e. The van der Waals surface area contributed by atoms with E-state index < -0.39 is 0 Å². The van der Waals surface area contributed by atoms with Gasteiger partial charge in [0.2, 0.25) is 5.91 Å². The van der Waals surface area contributed by atoms with Gasteiger partial charge in [0, 0.05) is 19.0 Å². The lowest BCUT2D eigenvalue weighted by atomic mass is 9.84. The van der Waals surface area contributed by atoms with Crippen LogP contribution in [0.1, 0.15) is 39.0 Å². The van der Waals surface area contributed by atoms with Crippen LogP contribution in [0.25, 0.3) is 0 Å². The standard InChI is InChI=1S/C14H24N2O3.ClH/c1-2-19-11(17)4-3-7-16-14(18)12-9-5-6-10(8-9)13(12)15;/h9-10,12-13H,2-8,15H2,1H3,(H,16,18);1H. The fourth-order valence-corrected chi connectivity index (χ4v) is 3.52. The second kappa shape index (κ2) is 7.84. The van der Waals surface area contributed by atoms with Crippen molar-refractivity contribution in [1.82, 2.24) is 5.32 Å². The van der Waals surface area contributed by atoms with Crippen molar-refractivity contribution >= 4 is 24.3 Å². The average Bonchev–Trinajstić information content (AvgIpc) is 2.95. The van der Waals surface area contributed by atoms with Gasteiger partial charge in [0.15, 0.2) is 0 Å². The van der Waals surface area contributed by atoms with E-state index >= 15 is 0 Å². The molecule has 5 nitrogen and oxygen atoms in total. The fraction of sp³-hybridized carbons (Fsp3) is 0.857. The Labute approximate surface area is 126 Å². The van der Waals surface area contributed by atoms with Gasteiger partial charge >= 0.3 is 5.97 Å². The van der Waals surface area contributed by atoms with Crippen molar-refractivity contribution in [3.63, 3.8) is 0 Å². The highest BCUT2D eigenvalue weighted by atomic mass is 35.5. The average molecular weight is 305 g/mol. The number of esters is 1. The molecule has 0 aliphatic heterocycles. The van der Waals surface area contributed by atoms with Gasteiger partial charge in [0.1, 0.15) is 0 Å². The lowest BCUT2D eigenvalue weighted by Crippen LogP contribution is -2.45. The highest BCUT2D eigenvalue weighted by Gasteiger charge is 2.48. The number of amides is 1. The summed E-state index contributed by atoms with van der Waals surface area (Å²) in [6, 6.07) is 0.0313. The van der Waals surface area contributed by atoms with Gasteiger partial charge in [0.25, 0.3) is 0 Å². The summed E-state index contributed by atoms with van der Waals surface area (Å²) in [7, 11) is 0. The molecule has 2 aliphatic rings. The van der Waals surface area contributed by atoms with Crippen LogP contribution in [-0.2, 0) is 14.3 Å². The Morgan fingerprint density at radius 1 is 1.30 bits per heavy atom. The first-order chi connectivity index (χ1) is 9.13. The SMILES string of the molecule is CCOC(=O)CCCNC(=O)C1C2CCC(C2)C1N.Cl. The molecule has 4 atom stereocenters. The molecular weight excluding hydrogens is 280 g/mol. The van der Waals surface area contributed by atoms with Crippen LogP contribution >= 0.6 is 12.4 Å². The first-order valence-electron chi connectivity index (χ1n) is 7.32. The van der Waals surface area contributed by atoms with Crippen LogP contribution in [0.3, 0.4) is 0 Å². The number of rotatable bonds is 6. The molecule has 6 heteroatoms. The summed E-state index contributed by atoms with van der Waals surface area (Å²) in [4.78, 5) is 23.3. The molecule has 2 rings (SSSR count). The summed E-state index contributed by atoms with van der Waals surface area (Å²) in [5, 5.41) is 2.91. The van der Waals surface area contributed by atoms with E-state index in [1.165, 1.54) is 6.42 Å². The Kier molecular flexibility index (Phi) is 6.76. The quantitative estimate of drug-likeness (QED) is 0.571. The van der Waals surface area contributed by atoms with Crippen molar-refractivity contribution in [3.8, 4) is 0 Å². The third-order valence-corrected chi connectivity index (χ3v) is 4.45. The van der Waals surface area contributed by atoms with Gasteiger partial charge in [-0.1, -0.05) is 0 Å². The fourth-order valence-electron chi connectivity index (χ4n) is 3.52. The molecule has 1 amide bonds. The monoisotopic (exact) mass is 304 g/mol. The van der Waals surface area contributed by atoms with E-state index in [-0.39, 0.29) is 36.2 Å². The molecule has 116 valence electrons. The van der Waals surface area contributed by atoms with Crippen molar-refractivity contribution in [2.24, 2.45) is 23.5 Å². The summed E-state index contributed by atoms with van der Waals surface area (Å²) >= 11 is 0. The van der Waals surface area contributed by atoms with Gasteiger partial charge in [-0.15, -0.1) is 12.4 Å². The molecule has 0 aromatic carbocycles. The summed E-state index contributed by atoms with van der Waals surface area (Å²) in [5.74, 6) is 0.878. The number of fused-ring (bicyclic) bond motifs is 2. The van der Waals surface area contributed by atoms with Gasteiger partial charge in [-0.05, 0) is 44.4 Å². The van der Waals surface area contributed by atoms with Crippen molar-refractivity contribution in [3.05, 3.63) is 0 Å². The number of hydrogen-bond donors (Lipinski definition) is 2. The van der Waals surface area contributed by atoms with Gasteiger partial charge in [-0.25, -0.2) is 0 Å². The summed E-state index contributed by atoms with van der Waals surface area (Å²) in [6.07, 6.45) is 4.41. The van der Waals surface area contributed by atoms with Crippen LogP contribution in [0, 0.1) is 17.8 Å². The van der Waals surface area contributed by atoms with Crippen LogP contribution in [0.4, 0.5) is 0 Å². The van der Waals surface area contributed by atoms with Crippen LogP contribution in [0.2, 0.25) is 0 Å². The van der Waals surface area contributed by atoms with Crippen molar-refractivity contribution in [2.45, 2.75) is 45.1 Å². The minimum Gasteiger partial charge on any atom is -0.466 e. The number of ether oxygens (including phenoxy) is 1. The number of nitrogens with one attached hydrogen (secondary N) is 1. The molecule has 3 N–H and O–H groups in total. The smallest absolute Gasteiger partial charge is 0.305 e.